The lowest BCUT2D eigenvalue weighted by molar-refractivity contribution is -0.379. The summed E-state index contributed by atoms with van der Waals surface area (Å²) in [5, 5.41) is 119. The monoisotopic (exact) mass is 1090 g/mol. The number of allylic oxidation sites excluding steroid dienone is 16. The smallest absolute Gasteiger partial charge is 0.220 e. The molecular weight excluding hydrogens is 999 g/mol. The van der Waals surface area contributed by atoms with Crippen molar-refractivity contribution in [3.63, 3.8) is 0 Å². The Hall–Kier alpha value is -3.29. The van der Waals surface area contributed by atoms with Crippen molar-refractivity contribution in [3.05, 3.63) is 97.2 Å². The van der Waals surface area contributed by atoms with Gasteiger partial charge in [-0.1, -0.05) is 143 Å². The molecule has 3 rings (SSSR count). The minimum absolute atomic E-state index is 0.202. The number of carbonyl (C=O) groups is 1. The third kappa shape index (κ3) is 25.4. The van der Waals surface area contributed by atoms with Crippen LogP contribution < -0.4 is 5.32 Å². The Morgan fingerprint density at radius 3 is 1.36 bits per heavy atom. The average molecular weight is 1090 g/mol. The lowest BCUT2D eigenvalue weighted by Crippen LogP contribution is -2.66. The highest BCUT2D eigenvalue weighted by molar-refractivity contribution is 5.76. The first-order valence-electron chi connectivity index (χ1n) is 28.0. The summed E-state index contributed by atoms with van der Waals surface area (Å²) in [4.78, 5) is 13.2. The Kier molecular flexibility index (Phi) is 36.0. The van der Waals surface area contributed by atoms with Gasteiger partial charge < -0.3 is 89.9 Å². The molecule has 0 aromatic carbocycles. The van der Waals surface area contributed by atoms with Gasteiger partial charge in [0.15, 0.2) is 18.9 Å². The van der Waals surface area contributed by atoms with Crippen LogP contribution in [0.2, 0.25) is 0 Å². The Bertz CT molecular complexity index is 1780. The van der Waals surface area contributed by atoms with Crippen molar-refractivity contribution in [1.82, 2.24) is 5.32 Å². The first-order chi connectivity index (χ1) is 37.3. The van der Waals surface area contributed by atoms with Crippen LogP contribution in [0.15, 0.2) is 97.2 Å². The van der Waals surface area contributed by atoms with Crippen molar-refractivity contribution in [2.75, 3.05) is 26.4 Å². The van der Waals surface area contributed by atoms with Gasteiger partial charge in [-0.2, -0.15) is 0 Å². The minimum atomic E-state index is -1.98. The van der Waals surface area contributed by atoms with Gasteiger partial charge in [-0.05, 0) is 77.0 Å². The van der Waals surface area contributed by atoms with Gasteiger partial charge in [0, 0.05) is 6.42 Å². The van der Waals surface area contributed by atoms with Crippen molar-refractivity contribution in [2.24, 2.45) is 0 Å². The molecule has 12 N–H and O–H groups in total. The third-order valence-electron chi connectivity index (χ3n) is 13.4. The van der Waals surface area contributed by atoms with Gasteiger partial charge in [0.25, 0.3) is 0 Å². The summed E-state index contributed by atoms with van der Waals surface area (Å²) in [6.45, 7) is 1.48. The van der Waals surface area contributed by atoms with E-state index in [0.717, 1.165) is 89.9 Å². The molecule has 0 bridgehead atoms. The highest BCUT2D eigenvalue weighted by atomic mass is 16.8. The van der Waals surface area contributed by atoms with E-state index >= 15 is 0 Å². The van der Waals surface area contributed by atoms with Crippen molar-refractivity contribution >= 4 is 5.91 Å². The quantitative estimate of drug-likeness (QED) is 0.0309. The lowest BCUT2D eigenvalue weighted by Gasteiger charge is -2.48. The summed E-state index contributed by atoms with van der Waals surface area (Å²) in [5.74, 6) is -0.299. The molecule has 3 aliphatic rings. The molecule has 3 aliphatic heterocycles. The van der Waals surface area contributed by atoms with Crippen molar-refractivity contribution < 1.29 is 89.4 Å². The molecule has 17 atom stereocenters. The maximum absolute atomic E-state index is 13.2. The molecule has 0 saturated carbocycles. The maximum Gasteiger partial charge on any atom is 0.220 e. The standard InChI is InChI=1S/C58H95NO18/c1-3-5-7-9-10-11-12-13-14-15-16-17-18-19-20-21-22-23-24-25-26-27-28-29-30-32-34-36-46(64)59-41(42(63)35-33-31-8-6-4-2)40-72-56-52(70)49(67)54(44(38-61)74-56)77-58-53(71)50(68)55(45(39-62)75-58)76-57-51(69)48(66)47(65)43(37-60)73-57/h5,7,10-11,13-14,16-17,19-20,22-23,25-26,28-29,41-45,47-58,60-63,65-71H,3-4,6,8-9,12,15,18,21,24,27,30-40H2,1-2H3,(H,59,64)/b7-5-,11-10-,14-13-,17-16-,20-19-,23-22-,26-25-,29-28-. The topological polar surface area (TPSA) is 307 Å². The highest BCUT2D eigenvalue weighted by Crippen LogP contribution is 2.33. The van der Waals surface area contributed by atoms with Gasteiger partial charge in [0.1, 0.15) is 73.2 Å². The fourth-order valence-corrected chi connectivity index (χ4v) is 8.80. The van der Waals surface area contributed by atoms with E-state index in [1.54, 1.807) is 0 Å². The van der Waals surface area contributed by atoms with E-state index in [0.29, 0.717) is 19.3 Å². The zero-order chi connectivity index (χ0) is 56.2. The van der Waals surface area contributed by atoms with Gasteiger partial charge >= 0.3 is 0 Å². The van der Waals surface area contributed by atoms with Crippen molar-refractivity contribution in [3.8, 4) is 0 Å². The molecule has 0 spiro atoms. The minimum Gasteiger partial charge on any atom is -0.394 e. The van der Waals surface area contributed by atoms with E-state index in [1.807, 2.05) is 0 Å². The summed E-state index contributed by atoms with van der Waals surface area (Å²) >= 11 is 0. The van der Waals surface area contributed by atoms with Gasteiger partial charge in [0.2, 0.25) is 5.91 Å². The Morgan fingerprint density at radius 1 is 0.481 bits per heavy atom. The van der Waals surface area contributed by atoms with Crippen LogP contribution in [0.1, 0.15) is 129 Å². The van der Waals surface area contributed by atoms with E-state index in [4.69, 9.17) is 28.4 Å². The zero-order valence-electron chi connectivity index (χ0n) is 45.4. The first-order valence-corrected chi connectivity index (χ1v) is 28.0. The molecule has 0 aliphatic carbocycles. The second-order valence-electron chi connectivity index (χ2n) is 19.7. The number of nitrogens with one attached hydrogen (secondary N) is 1. The molecule has 0 aromatic heterocycles. The SMILES string of the molecule is CC/C=C\C/C=C\C/C=C\C/C=C\C/C=C\C/C=C\C/C=C\C/C=C\CCCCC(=O)NC(COC1OC(CO)C(OC2OC(CO)C(OC3OC(CO)C(O)C(O)C3O)C(O)C2O)C(O)C1O)C(O)CCCCCCC. The van der Waals surface area contributed by atoms with E-state index in [2.05, 4.69) is 116 Å². The molecule has 19 nitrogen and oxygen atoms in total. The van der Waals surface area contributed by atoms with E-state index in [-0.39, 0.29) is 18.9 Å². The van der Waals surface area contributed by atoms with Crippen LogP contribution in [0.25, 0.3) is 0 Å². The normalized spacial score (nSPS) is 31.5. The molecule has 3 fully saturated rings. The van der Waals surface area contributed by atoms with Gasteiger partial charge in [-0.15, -0.1) is 0 Å². The lowest BCUT2D eigenvalue weighted by atomic mass is 9.96. The highest BCUT2D eigenvalue weighted by Gasteiger charge is 2.53. The molecule has 17 unspecified atom stereocenters. The van der Waals surface area contributed by atoms with Crippen molar-refractivity contribution in [2.45, 2.75) is 234 Å². The summed E-state index contributed by atoms with van der Waals surface area (Å²) in [5.41, 5.74) is 0. The number of aliphatic hydroxyl groups is 11. The maximum atomic E-state index is 13.2. The molecule has 19 heteroatoms. The van der Waals surface area contributed by atoms with Crippen LogP contribution in [-0.4, -0.2) is 193 Å². The Morgan fingerprint density at radius 2 is 0.896 bits per heavy atom. The van der Waals surface area contributed by atoms with E-state index in [9.17, 15) is 61.0 Å². The fraction of sp³-hybridized carbons (Fsp3) is 0.707. The molecule has 77 heavy (non-hydrogen) atoms. The number of hydrogen-bond donors (Lipinski definition) is 12. The first kappa shape index (κ1) is 68.0. The van der Waals surface area contributed by atoms with E-state index < -0.39 is 124 Å². The second kappa shape index (κ2) is 40.8. The predicted octanol–water partition coefficient (Wildman–Crippen LogP) is 3.81. The van der Waals surface area contributed by atoms with Crippen LogP contribution in [0.5, 0.6) is 0 Å². The largest absolute Gasteiger partial charge is 0.394 e. The van der Waals surface area contributed by atoms with Gasteiger partial charge in [0.05, 0.1) is 38.6 Å². The summed E-state index contributed by atoms with van der Waals surface area (Å²) < 4.78 is 34.0. The number of ether oxygens (including phenoxy) is 6. The molecule has 3 heterocycles. The fourth-order valence-electron chi connectivity index (χ4n) is 8.80. The van der Waals surface area contributed by atoms with Crippen molar-refractivity contribution in [1.29, 1.82) is 0 Å². The molecule has 1 amide bonds. The number of rotatable bonds is 38. The van der Waals surface area contributed by atoms with Crippen LogP contribution in [0.4, 0.5) is 0 Å². The average Bonchev–Trinajstić information content (AvgIpc) is 3.42. The summed E-state index contributed by atoms with van der Waals surface area (Å²) in [7, 11) is 0. The van der Waals surface area contributed by atoms with Crippen LogP contribution in [-0.2, 0) is 33.2 Å². The van der Waals surface area contributed by atoms with Gasteiger partial charge in [-0.3, -0.25) is 4.79 Å². The number of carbonyl (C=O) groups excluding carboxylic acids is 1. The van der Waals surface area contributed by atoms with Crippen LogP contribution in [0.3, 0.4) is 0 Å². The Balaban J connectivity index is 1.42. The number of aliphatic hydroxyl groups excluding tert-OH is 11. The van der Waals surface area contributed by atoms with Crippen LogP contribution in [0, 0.1) is 0 Å². The van der Waals surface area contributed by atoms with Crippen LogP contribution >= 0.6 is 0 Å². The second-order valence-corrected chi connectivity index (χ2v) is 19.7. The molecule has 0 radical (unpaired) electrons. The summed E-state index contributed by atoms with van der Waals surface area (Å²) in [6.07, 6.45) is 23.0. The molecule has 440 valence electrons. The summed E-state index contributed by atoms with van der Waals surface area (Å²) in [6, 6.07) is -0.913. The Labute approximate surface area is 456 Å². The molecular formula is C58H95NO18. The molecule has 3 saturated heterocycles. The third-order valence-corrected chi connectivity index (χ3v) is 13.4. The number of hydrogen-bond acceptors (Lipinski definition) is 18. The van der Waals surface area contributed by atoms with Gasteiger partial charge in [-0.25, -0.2) is 0 Å². The number of amides is 1. The molecule has 0 aromatic rings. The van der Waals surface area contributed by atoms with E-state index in [1.165, 1.54) is 0 Å². The zero-order valence-corrected chi connectivity index (χ0v) is 45.4. The predicted molar refractivity (Wildman–Crippen MR) is 290 cm³/mol. The number of unbranched alkanes of at least 4 members (excludes halogenated alkanes) is 6.